The maximum Gasteiger partial charge on any atom is 0.308 e. The number of hydrogen-bond donors (Lipinski definition) is 1. The molecule has 1 heterocycles. The van der Waals surface area contributed by atoms with Gasteiger partial charge in [0.05, 0.1) is 0 Å². The Morgan fingerprint density at radius 2 is 1.96 bits per heavy atom. The Bertz CT molecular complexity index is 685. The summed E-state index contributed by atoms with van der Waals surface area (Å²) in [6.07, 6.45) is 0.883. The van der Waals surface area contributed by atoms with Crippen molar-refractivity contribution in [3.8, 4) is 0 Å². The number of nitrogens with one attached hydrogen (secondary N) is 1. The molecule has 128 valence electrons. The summed E-state index contributed by atoms with van der Waals surface area (Å²) in [5.41, 5.74) is -0.756. The largest absolute Gasteiger partial charge is 0.456 e. The lowest BCUT2D eigenvalue weighted by atomic mass is 9.92. The number of carbonyl (C=O) groups excluding carboxylic acids is 3. The van der Waals surface area contributed by atoms with Gasteiger partial charge in [0, 0.05) is 24.2 Å². The second-order valence-electron chi connectivity index (χ2n) is 5.42. The Morgan fingerprint density at radius 1 is 1.29 bits per heavy atom. The summed E-state index contributed by atoms with van der Waals surface area (Å²) in [7, 11) is 0. The molecular formula is C17H18BrNO5. The summed E-state index contributed by atoms with van der Waals surface area (Å²) < 4.78 is 10.7. The number of esters is 1. The van der Waals surface area contributed by atoms with Crippen LogP contribution in [0.4, 0.5) is 0 Å². The predicted molar refractivity (Wildman–Crippen MR) is 89.8 cm³/mol. The van der Waals surface area contributed by atoms with Crippen molar-refractivity contribution >= 4 is 33.6 Å². The van der Waals surface area contributed by atoms with Gasteiger partial charge in [-0.15, -0.1) is 0 Å². The fourth-order valence-corrected chi connectivity index (χ4v) is 2.58. The summed E-state index contributed by atoms with van der Waals surface area (Å²) in [6, 6.07) is 8.83. The highest BCUT2D eigenvalue weighted by atomic mass is 79.9. The summed E-state index contributed by atoms with van der Waals surface area (Å²) in [4.78, 5) is 36.0. The van der Waals surface area contributed by atoms with Crippen molar-refractivity contribution in [3.05, 3.63) is 47.5 Å². The van der Waals surface area contributed by atoms with Gasteiger partial charge < -0.3 is 9.47 Å². The first-order valence-corrected chi connectivity index (χ1v) is 8.58. The van der Waals surface area contributed by atoms with Gasteiger partial charge in [0.2, 0.25) is 17.5 Å². The molecule has 0 fully saturated rings. The van der Waals surface area contributed by atoms with E-state index in [1.807, 2.05) is 6.07 Å². The van der Waals surface area contributed by atoms with Crippen LogP contribution in [0.5, 0.6) is 0 Å². The third-order valence-corrected chi connectivity index (χ3v) is 4.07. The van der Waals surface area contributed by atoms with Crippen LogP contribution in [-0.2, 0) is 29.5 Å². The fourth-order valence-electron chi connectivity index (χ4n) is 2.30. The first-order chi connectivity index (χ1) is 11.4. The van der Waals surface area contributed by atoms with Crippen LogP contribution in [0.25, 0.3) is 0 Å². The molecule has 0 saturated heterocycles. The summed E-state index contributed by atoms with van der Waals surface area (Å²) in [5.74, 6) is -1.90. The third-order valence-electron chi connectivity index (χ3n) is 3.51. The number of rotatable bonds is 6. The number of alkyl halides is 1. The van der Waals surface area contributed by atoms with Gasteiger partial charge in [-0.3, -0.25) is 19.7 Å². The lowest BCUT2D eigenvalue weighted by molar-refractivity contribution is -0.142. The number of amides is 1. The smallest absolute Gasteiger partial charge is 0.308 e. The standard InChI is InChI=1S/C17H18BrNO5/c1-11(20)23-14-15(22)17(2,12-7-4-3-5-8-12)24-16(14)19-13(21)9-6-10-18/h3-5,7-8H,6,9-10H2,1-2H3,(H,19,21). The van der Waals surface area contributed by atoms with Gasteiger partial charge in [-0.2, -0.15) is 0 Å². The Kier molecular flexibility index (Phi) is 5.77. The molecule has 1 N–H and O–H groups in total. The summed E-state index contributed by atoms with van der Waals surface area (Å²) in [6.45, 7) is 2.76. The number of hydrogen-bond acceptors (Lipinski definition) is 5. The second-order valence-corrected chi connectivity index (χ2v) is 6.22. The van der Waals surface area contributed by atoms with Crippen LogP contribution >= 0.6 is 15.9 Å². The van der Waals surface area contributed by atoms with Gasteiger partial charge in [0.25, 0.3) is 5.78 Å². The highest BCUT2D eigenvalue weighted by Gasteiger charge is 2.49. The van der Waals surface area contributed by atoms with Crippen molar-refractivity contribution in [1.29, 1.82) is 0 Å². The van der Waals surface area contributed by atoms with E-state index in [-0.39, 0.29) is 24.0 Å². The van der Waals surface area contributed by atoms with Gasteiger partial charge in [-0.25, -0.2) is 0 Å². The van der Waals surface area contributed by atoms with E-state index in [1.54, 1.807) is 31.2 Å². The lowest BCUT2D eigenvalue weighted by Gasteiger charge is -2.23. The average molecular weight is 396 g/mol. The quantitative estimate of drug-likeness (QED) is 0.591. The van der Waals surface area contributed by atoms with Crippen LogP contribution in [0, 0.1) is 0 Å². The molecule has 0 radical (unpaired) electrons. The zero-order valence-electron chi connectivity index (χ0n) is 13.4. The molecule has 0 aliphatic carbocycles. The van der Waals surface area contributed by atoms with Crippen molar-refractivity contribution in [1.82, 2.24) is 5.32 Å². The minimum atomic E-state index is -1.36. The van der Waals surface area contributed by atoms with E-state index in [0.717, 1.165) is 0 Å². The molecule has 1 amide bonds. The van der Waals surface area contributed by atoms with Crippen LogP contribution in [-0.4, -0.2) is 23.0 Å². The van der Waals surface area contributed by atoms with Crippen LogP contribution in [0.3, 0.4) is 0 Å². The number of benzene rings is 1. The molecule has 1 unspecified atom stereocenters. The minimum absolute atomic E-state index is 0.124. The molecular weight excluding hydrogens is 378 g/mol. The van der Waals surface area contributed by atoms with E-state index < -0.39 is 17.4 Å². The predicted octanol–water partition coefficient (Wildman–Crippen LogP) is 2.52. The zero-order valence-corrected chi connectivity index (χ0v) is 15.0. The van der Waals surface area contributed by atoms with Crippen LogP contribution in [0.2, 0.25) is 0 Å². The van der Waals surface area contributed by atoms with Gasteiger partial charge in [0.15, 0.2) is 5.60 Å². The second kappa shape index (κ2) is 7.61. The van der Waals surface area contributed by atoms with Crippen LogP contribution in [0.1, 0.15) is 32.3 Å². The Hall–Kier alpha value is -2.15. The molecule has 7 heteroatoms. The van der Waals surface area contributed by atoms with Crippen molar-refractivity contribution in [2.45, 2.75) is 32.3 Å². The number of ketones is 1. The van der Waals surface area contributed by atoms with Gasteiger partial charge in [0.1, 0.15) is 0 Å². The molecule has 24 heavy (non-hydrogen) atoms. The average Bonchev–Trinajstić information content (AvgIpc) is 2.79. The maximum atomic E-state index is 12.8. The SMILES string of the molecule is CC(=O)OC1=C(NC(=O)CCCBr)OC(C)(c2ccccc2)C1=O. The van der Waals surface area contributed by atoms with Crippen molar-refractivity contribution in [2.24, 2.45) is 0 Å². The minimum Gasteiger partial charge on any atom is -0.456 e. The number of halogens is 1. The maximum absolute atomic E-state index is 12.8. The lowest BCUT2D eigenvalue weighted by Crippen LogP contribution is -2.32. The first-order valence-electron chi connectivity index (χ1n) is 7.46. The van der Waals surface area contributed by atoms with E-state index in [9.17, 15) is 14.4 Å². The van der Waals surface area contributed by atoms with E-state index in [2.05, 4.69) is 21.2 Å². The van der Waals surface area contributed by atoms with Gasteiger partial charge in [-0.1, -0.05) is 46.3 Å². The van der Waals surface area contributed by atoms with E-state index in [0.29, 0.717) is 17.3 Å². The molecule has 1 aromatic carbocycles. The Morgan fingerprint density at radius 3 is 2.54 bits per heavy atom. The third kappa shape index (κ3) is 3.84. The Labute approximate surface area is 148 Å². The summed E-state index contributed by atoms with van der Waals surface area (Å²) in [5, 5.41) is 3.20. The number of Topliss-reactive ketones (excluding diaryl/α,β-unsaturated/α-hetero) is 1. The normalized spacial score (nSPS) is 19.9. The van der Waals surface area contributed by atoms with E-state index in [1.165, 1.54) is 6.92 Å². The van der Waals surface area contributed by atoms with E-state index >= 15 is 0 Å². The van der Waals surface area contributed by atoms with Gasteiger partial charge in [-0.05, 0) is 13.3 Å². The summed E-state index contributed by atoms with van der Waals surface area (Å²) >= 11 is 3.25. The van der Waals surface area contributed by atoms with Gasteiger partial charge >= 0.3 is 5.97 Å². The molecule has 1 aliphatic rings. The highest BCUT2D eigenvalue weighted by molar-refractivity contribution is 9.09. The molecule has 0 aromatic heterocycles. The molecule has 6 nitrogen and oxygen atoms in total. The molecule has 0 bridgehead atoms. The molecule has 0 saturated carbocycles. The fraction of sp³-hybridized carbons (Fsp3) is 0.353. The van der Waals surface area contributed by atoms with Crippen LogP contribution < -0.4 is 5.32 Å². The zero-order chi connectivity index (χ0) is 17.7. The first kappa shape index (κ1) is 18.2. The number of ether oxygens (including phenoxy) is 2. The number of carbonyl (C=O) groups is 3. The Balaban J connectivity index is 2.30. The molecule has 1 aliphatic heterocycles. The molecule has 0 spiro atoms. The highest BCUT2D eigenvalue weighted by Crippen LogP contribution is 2.38. The molecule has 1 atom stereocenters. The van der Waals surface area contributed by atoms with Crippen molar-refractivity contribution in [3.63, 3.8) is 0 Å². The molecule has 2 rings (SSSR count). The molecule has 1 aromatic rings. The van der Waals surface area contributed by atoms with Crippen molar-refractivity contribution < 1.29 is 23.9 Å². The van der Waals surface area contributed by atoms with Crippen molar-refractivity contribution in [2.75, 3.05) is 5.33 Å². The van der Waals surface area contributed by atoms with E-state index in [4.69, 9.17) is 9.47 Å². The topological polar surface area (TPSA) is 81.7 Å². The van der Waals surface area contributed by atoms with Crippen LogP contribution in [0.15, 0.2) is 42.0 Å². The monoisotopic (exact) mass is 395 g/mol.